The summed E-state index contributed by atoms with van der Waals surface area (Å²) in [5.74, 6) is 10.8. The number of urea groups is 2. The number of rotatable bonds is 6. The summed E-state index contributed by atoms with van der Waals surface area (Å²) in [5, 5.41) is 1.91. The van der Waals surface area contributed by atoms with Gasteiger partial charge in [0.2, 0.25) is 0 Å². The van der Waals surface area contributed by atoms with Crippen LogP contribution >= 0.6 is 0 Å². The zero-order valence-corrected chi connectivity index (χ0v) is 9.43. The summed E-state index contributed by atoms with van der Waals surface area (Å²) in [6, 6.07) is -1.52. The van der Waals surface area contributed by atoms with Crippen molar-refractivity contribution in [1.82, 2.24) is 10.0 Å². The summed E-state index contributed by atoms with van der Waals surface area (Å²) in [6.45, 7) is 2.21. The van der Waals surface area contributed by atoms with Crippen molar-refractivity contribution < 1.29 is 9.59 Å². The molecule has 0 bridgehead atoms. The highest BCUT2D eigenvalue weighted by atomic mass is 16.2. The number of carbonyl (C=O) groups is 2. The van der Waals surface area contributed by atoms with Gasteiger partial charge >= 0.3 is 12.1 Å². The van der Waals surface area contributed by atoms with Gasteiger partial charge in [0, 0.05) is 12.6 Å². The Labute approximate surface area is 94.4 Å². The van der Waals surface area contributed by atoms with E-state index >= 15 is 0 Å². The molecule has 0 saturated carbocycles. The molecule has 0 heterocycles. The second-order valence-corrected chi connectivity index (χ2v) is 3.48. The summed E-state index contributed by atoms with van der Waals surface area (Å²) in [4.78, 5) is 21.4. The van der Waals surface area contributed by atoms with E-state index in [0.29, 0.717) is 25.8 Å². The average molecular weight is 232 g/mol. The maximum absolute atomic E-state index is 10.8. The van der Waals surface area contributed by atoms with Gasteiger partial charge in [0.1, 0.15) is 0 Å². The van der Waals surface area contributed by atoms with Gasteiger partial charge in [-0.1, -0.05) is 6.92 Å². The van der Waals surface area contributed by atoms with E-state index in [2.05, 4.69) is 0 Å². The Morgan fingerprint density at radius 2 is 1.75 bits per heavy atom. The van der Waals surface area contributed by atoms with Crippen LogP contribution in [0.4, 0.5) is 9.59 Å². The molecule has 0 rings (SSSR count). The molecule has 0 aliphatic rings. The molecule has 0 saturated heterocycles. The van der Waals surface area contributed by atoms with Crippen LogP contribution in [0.3, 0.4) is 0 Å². The molecule has 4 amide bonds. The van der Waals surface area contributed by atoms with Gasteiger partial charge in [-0.3, -0.25) is 10.0 Å². The molecular weight excluding hydrogens is 212 g/mol. The smallest absolute Gasteiger partial charge is 0.329 e. The van der Waals surface area contributed by atoms with E-state index in [0.717, 1.165) is 10.0 Å². The highest BCUT2D eigenvalue weighted by molar-refractivity contribution is 5.71. The molecule has 1 unspecified atom stereocenters. The van der Waals surface area contributed by atoms with E-state index in [1.54, 1.807) is 0 Å². The molecule has 0 radical (unpaired) electrons. The van der Waals surface area contributed by atoms with Crippen LogP contribution in [-0.4, -0.2) is 34.7 Å². The van der Waals surface area contributed by atoms with E-state index in [9.17, 15) is 9.59 Å². The molecule has 0 aromatic heterocycles. The Bertz CT molecular complexity index is 247. The van der Waals surface area contributed by atoms with Crippen molar-refractivity contribution in [2.75, 3.05) is 6.54 Å². The summed E-state index contributed by atoms with van der Waals surface area (Å²) < 4.78 is 0. The number of hydrogen-bond acceptors (Lipinski definition) is 4. The summed E-state index contributed by atoms with van der Waals surface area (Å²) >= 11 is 0. The second-order valence-electron chi connectivity index (χ2n) is 3.48. The molecule has 0 aromatic rings. The Morgan fingerprint density at radius 3 is 2.12 bits per heavy atom. The van der Waals surface area contributed by atoms with E-state index in [-0.39, 0.29) is 6.04 Å². The lowest BCUT2D eigenvalue weighted by Crippen LogP contribution is -2.48. The van der Waals surface area contributed by atoms with Crippen molar-refractivity contribution in [3.63, 3.8) is 0 Å². The highest BCUT2D eigenvalue weighted by Crippen LogP contribution is 2.07. The van der Waals surface area contributed by atoms with Crippen LogP contribution in [0.15, 0.2) is 0 Å². The van der Waals surface area contributed by atoms with Crippen LogP contribution in [0, 0.1) is 0 Å². The minimum atomic E-state index is -0.687. The van der Waals surface area contributed by atoms with Crippen molar-refractivity contribution in [3.8, 4) is 0 Å². The molecule has 0 spiro atoms. The monoisotopic (exact) mass is 232 g/mol. The quantitative estimate of drug-likeness (QED) is 0.266. The normalized spacial score (nSPS) is 11.9. The first-order chi connectivity index (χ1) is 7.40. The van der Waals surface area contributed by atoms with Gasteiger partial charge in [-0.05, 0) is 19.3 Å². The molecule has 1 atom stereocenters. The third kappa shape index (κ3) is 4.80. The minimum absolute atomic E-state index is 0.154. The summed E-state index contributed by atoms with van der Waals surface area (Å²) in [7, 11) is 0. The topological polar surface area (TPSA) is 145 Å². The van der Waals surface area contributed by atoms with Crippen LogP contribution in [0.5, 0.6) is 0 Å². The number of nitrogens with two attached hydrogens (primary N) is 4. The number of primary amides is 2. The maximum atomic E-state index is 10.8. The standard InChI is InChI=1S/C8H20N6O2/c1-2-6(14(12)8(10)16)4-3-5-13(11)7(9)15/h6H,2-5,11-12H2,1H3,(H2,9,15)(H2,10,16). The van der Waals surface area contributed by atoms with Crippen LogP contribution < -0.4 is 23.2 Å². The van der Waals surface area contributed by atoms with Crippen LogP contribution in [0.2, 0.25) is 0 Å². The fourth-order valence-corrected chi connectivity index (χ4v) is 1.33. The maximum Gasteiger partial charge on any atom is 0.329 e. The number of hydrazine groups is 2. The van der Waals surface area contributed by atoms with Gasteiger partial charge in [0.05, 0.1) is 0 Å². The first-order valence-corrected chi connectivity index (χ1v) is 5.05. The van der Waals surface area contributed by atoms with Crippen LogP contribution in [0.1, 0.15) is 26.2 Å². The van der Waals surface area contributed by atoms with Crippen LogP contribution in [-0.2, 0) is 0 Å². The van der Waals surface area contributed by atoms with Crippen molar-refractivity contribution in [1.29, 1.82) is 0 Å². The van der Waals surface area contributed by atoms with Crippen LogP contribution in [0.25, 0.3) is 0 Å². The molecule has 94 valence electrons. The molecule has 0 aromatic carbocycles. The zero-order valence-electron chi connectivity index (χ0n) is 9.43. The summed E-state index contributed by atoms with van der Waals surface area (Å²) in [5.41, 5.74) is 9.99. The third-order valence-electron chi connectivity index (χ3n) is 2.34. The third-order valence-corrected chi connectivity index (χ3v) is 2.34. The lowest BCUT2D eigenvalue weighted by atomic mass is 10.1. The van der Waals surface area contributed by atoms with Gasteiger partial charge < -0.3 is 11.5 Å². The average Bonchev–Trinajstić information content (AvgIpc) is 2.22. The van der Waals surface area contributed by atoms with Gasteiger partial charge in [-0.2, -0.15) is 0 Å². The Kier molecular flexibility index (Phi) is 6.19. The number of hydrogen-bond donors (Lipinski definition) is 4. The van der Waals surface area contributed by atoms with Gasteiger partial charge in [-0.25, -0.2) is 21.3 Å². The predicted molar refractivity (Wildman–Crippen MR) is 59.4 cm³/mol. The summed E-state index contributed by atoms with van der Waals surface area (Å²) in [6.07, 6.45) is 1.89. The first-order valence-electron chi connectivity index (χ1n) is 5.05. The van der Waals surface area contributed by atoms with E-state index < -0.39 is 12.1 Å². The fourth-order valence-electron chi connectivity index (χ4n) is 1.33. The SMILES string of the molecule is CCC(CCCN(N)C(N)=O)N(N)C(N)=O. The van der Waals surface area contributed by atoms with Crippen molar-refractivity contribution in [3.05, 3.63) is 0 Å². The Hall–Kier alpha value is -1.54. The molecule has 0 aliphatic carbocycles. The highest BCUT2D eigenvalue weighted by Gasteiger charge is 2.16. The van der Waals surface area contributed by atoms with Gasteiger partial charge in [-0.15, -0.1) is 0 Å². The first kappa shape index (κ1) is 14.5. The fraction of sp³-hybridized carbons (Fsp3) is 0.750. The Morgan fingerprint density at radius 1 is 1.19 bits per heavy atom. The second kappa shape index (κ2) is 6.85. The molecule has 8 nitrogen and oxygen atoms in total. The van der Waals surface area contributed by atoms with E-state index in [1.165, 1.54) is 0 Å². The van der Waals surface area contributed by atoms with Crippen molar-refractivity contribution in [2.45, 2.75) is 32.2 Å². The van der Waals surface area contributed by atoms with Crippen molar-refractivity contribution >= 4 is 12.1 Å². The number of amides is 4. The molecular formula is C8H20N6O2. The largest absolute Gasteiger partial charge is 0.350 e. The van der Waals surface area contributed by atoms with Gasteiger partial charge in [0.25, 0.3) is 0 Å². The van der Waals surface area contributed by atoms with Gasteiger partial charge in [0.15, 0.2) is 0 Å². The van der Waals surface area contributed by atoms with E-state index in [1.807, 2.05) is 6.92 Å². The molecule has 0 aliphatic heterocycles. The zero-order chi connectivity index (χ0) is 12.7. The predicted octanol–water partition coefficient (Wildman–Crippen LogP) is -0.946. The lowest BCUT2D eigenvalue weighted by Gasteiger charge is -2.25. The number of nitrogens with zero attached hydrogens (tertiary/aromatic N) is 2. The Balaban J connectivity index is 3.97. The van der Waals surface area contributed by atoms with E-state index in [4.69, 9.17) is 23.2 Å². The number of carbonyl (C=O) groups excluding carboxylic acids is 2. The molecule has 8 N–H and O–H groups in total. The minimum Gasteiger partial charge on any atom is -0.350 e. The lowest BCUT2D eigenvalue weighted by molar-refractivity contribution is 0.173. The molecule has 16 heavy (non-hydrogen) atoms. The molecule has 8 heteroatoms. The molecule has 0 fully saturated rings. The van der Waals surface area contributed by atoms with Crippen molar-refractivity contribution in [2.24, 2.45) is 23.2 Å².